The van der Waals surface area contributed by atoms with Gasteiger partial charge < -0.3 is 5.11 Å². The third-order valence-corrected chi connectivity index (χ3v) is 1.75. The van der Waals surface area contributed by atoms with Crippen molar-refractivity contribution in [1.82, 2.24) is 14.8 Å². The third-order valence-electron chi connectivity index (χ3n) is 1.75. The third kappa shape index (κ3) is 6.10. The summed E-state index contributed by atoms with van der Waals surface area (Å²) in [5.74, 6) is -0.0159. The zero-order valence-electron chi connectivity index (χ0n) is 12.0. The van der Waals surface area contributed by atoms with Gasteiger partial charge in [0, 0.05) is 0 Å². The molecule has 2 rings (SSSR count). The average molecular weight is 267 g/mol. The highest BCUT2D eigenvalue weighted by atomic mass is 19.1. The second-order valence-corrected chi connectivity index (χ2v) is 3.45. The molecule has 0 fully saturated rings. The highest BCUT2D eigenvalue weighted by Crippen LogP contribution is 2.07. The number of rotatable bonds is 2. The Kier molecular flexibility index (Phi) is 9.26. The lowest BCUT2D eigenvalue weighted by atomic mass is 10.3. The Morgan fingerprint density at radius 2 is 1.89 bits per heavy atom. The lowest BCUT2D eigenvalue weighted by molar-refractivity contribution is 0.271. The number of hydrogen-bond donors (Lipinski definition) is 1. The van der Waals surface area contributed by atoms with Crippen LogP contribution in [-0.2, 0) is 6.61 Å². The monoisotopic (exact) mass is 267 g/mol. The average Bonchev–Trinajstić information content (AvgIpc) is 2.91. The number of nitrogens with zero attached hydrogens (tertiary/aromatic N) is 3. The largest absolute Gasteiger partial charge is 0.388 e. The summed E-state index contributed by atoms with van der Waals surface area (Å²) >= 11 is 0. The lowest BCUT2D eigenvalue weighted by Gasteiger charge is -1.98. The van der Waals surface area contributed by atoms with Crippen molar-refractivity contribution in [2.45, 2.75) is 40.7 Å². The van der Waals surface area contributed by atoms with E-state index in [4.69, 9.17) is 5.11 Å². The van der Waals surface area contributed by atoms with Crippen LogP contribution in [0.15, 0.2) is 30.6 Å². The van der Waals surface area contributed by atoms with Gasteiger partial charge in [0.05, 0.1) is 5.69 Å². The van der Waals surface area contributed by atoms with Crippen LogP contribution in [0.2, 0.25) is 0 Å². The van der Waals surface area contributed by atoms with Gasteiger partial charge in [0.15, 0.2) is 5.82 Å². The predicted octanol–water partition coefficient (Wildman–Crippen LogP) is 3.34. The van der Waals surface area contributed by atoms with Crippen molar-refractivity contribution < 1.29 is 9.50 Å². The van der Waals surface area contributed by atoms with E-state index in [1.807, 2.05) is 13.8 Å². The van der Waals surface area contributed by atoms with E-state index in [1.165, 1.54) is 29.6 Å². The molecule has 1 N–H and O–H groups in total. The summed E-state index contributed by atoms with van der Waals surface area (Å²) in [5, 5.41) is 12.7. The van der Waals surface area contributed by atoms with E-state index >= 15 is 0 Å². The molecule has 1 aromatic heterocycles. The van der Waals surface area contributed by atoms with Crippen LogP contribution in [0, 0.1) is 5.82 Å². The van der Waals surface area contributed by atoms with Crippen LogP contribution in [0.3, 0.4) is 0 Å². The molecule has 2 aromatic rings. The Bertz CT molecular complexity index is 457. The number of aromatic nitrogens is 3. The molecule has 0 atom stereocenters. The molecule has 0 saturated carbocycles. The molecule has 106 valence electrons. The molecule has 0 aliphatic heterocycles. The van der Waals surface area contributed by atoms with E-state index in [0.29, 0.717) is 11.5 Å². The standard InChI is InChI=1S/C9H8FN3O.C3H8.C2H6/c10-7-2-1-3-8(4-7)13-6-11-9(5-14)12-13;1-3-2;1-2/h1-4,6,14H,5H2;3H2,1-2H3;1-2H3. The normalized spacial score (nSPS) is 8.95. The zero-order valence-corrected chi connectivity index (χ0v) is 12.0. The summed E-state index contributed by atoms with van der Waals surface area (Å²) in [6.07, 6.45) is 2.68. The number of halogens is 1. The van der Waals surface area contributed by atoms with Gasteiger partial charge in [0.2, 0.25) is 0 Å². The van der Waals surface area contributed by atoms with E-state index in [-0.39, 0.29) is 12.4 Å². The maximum Gasteiger partial charge on any atom is 0.176 e. The molecule has 0 saturated heterocycles. The summed E-state index contributed by atoms with van der Waals surface area (Å²) in [6.45, 7) is 8.03. The van der Waals surface area contributed by atoms with Crippen LogP contribution >= 0.6 is 0 Å². The summed E-state index contributed by atoms with van der Waals surface area (Å²) in [7, 11) is 0. The number of benzene rings is 1. The van der Waals surface area contributed by atoms with Crippen LogP contribution in [0.1, 0.15) is 39.9 Å². The molecule has 0 amide bonds. The zero-order chi connectivity index (χ0) is 14.7. The quantitative estimate of drug-likeness (QED) is 0.908. The molecule has 0 unspecified atom stereocenters. The smallest absolute Gasteiger partial charge is 0.176 e. The Hall–Kier alpha value is -1.75. The van der Waals surface area contributed by atoms with Crippen molar-refractivity contribution in [3.63, 3.8) is 0 Å². The lowest BCUT2D eigenvalue weighted by Crippen LogP contribution is -1.96. The molecule has 4 nitrogen and oxygen atoms in total. The van der Waals surface area contributed by atoms with Crippen molar-refractivity contribution in [2.75, 3.05) is 0 Å². The van der Waals surface area contributed by atoms with Gasteiger partial charge >= 0.3 is 0 Å². The molecule has 0 spiro atoms. The van der Waals surface area contributed by atoms with Crippen LogP contribution < -0.4 is 0 Å². The second kappa shape index (κ2) is 10.2. The van der Waals surface area contributed by atoms with Crippen LogP contribution in [0.5, 0.6) is 0 Å². The van der Waals surface area contributed by atoms with E-state index < -0.39 is 0 Å². The molecule has 19 heavy (non-hydrogen) atoms. The molecular formula is C14H22FN3O. The minimum Gasteiger partial charge on any atom is -0.388 e. The SMILES string of the molecule is CC.CCC.OCc1ncn(-c2cccc(F)c2)n1. The minimum atomic E-state index is -0.330. The van der Waals surface area contributed by atoms with Gasteiger partial charge in [-0.3, -0.25) is 0 Å². The molecule has 5 heteroatoms. The summed E-state index contributed by atoms with van der Waals surface area (Å²) in [4.78, 5) is 3.82. The first-order valence-electron chi connectivity index (χ1n) is 6.48. The maximum atomic E-state index is 12.8. The van der Waals surface area contributed by atoms with Gasteiger partial charge in [-0.1, -0.05) is 40.2 Å². The number of aliphatic hydroxyl groups excluding tert-OH is 1. The van der Waals surface area contributed by atoms with Crippen molar-refractivity contribution in [2.24, 2.45) is 0 Å². The van der Waals surface area contributed by atoms with Gasteiger partial charge in [-0.2, -0.15) is 0 Å². The van der Waals surface area contributed by atoms with E-state index in [1.54, 1.807) is 12.1 Å². The summed E-state index contributed by atoms with van der Waals surface area (Å²) in [5.41, 5.74) is 0.581. The van der Waals surface area contributed by atoms with E-state index in [2.05, 4.69) is 23.9 Å². The van der Waals surface area contributed by atoms with Crippen LogP contribution in [0.25, 0.3) is 5.69 Å². The second-order valence-electron chi connectivity index (χ2n) is 3.45. The van der Waals surface area contributed by atoms with Crippen LogP contribution in [-0.4, -0.2) is 19.9 Å². The molecule has 0 aliphatic rings. The Morgan fingerprint density at radius 3 is 2.37 bits per heavy atom. The molecule has 1 heterocycles. The molecule has 0 bridgehead atoms. The Morgan fingerprint density at radius 1 is 1.26 bits per heavy atom. The van der Waals surface area contributed by atoms with Crippen molar-refractivity contribution >= 4 is 0 Å². The van der Waals surface area contributed by atoms with Gasteiger partial charge in [-0.15, -0.1) is 5.10 Å². The fourth-order valence-corrected chi connectivity index (χ4v) is 1.11. The highest BCUT2D eigenvalue weighted by Gasteiger charge is 2.01. The van der Waals surface area contributed by atoms with Gasteiger partial charge in [0.25, 0.3) is 0 Å². The summed E-state index contributed by atoms with van der Waals surface area (Å²) in [6, 6.07) is 5.99. The molecular weight excluding hydrogens is 245 g/mol. The topological polar surface area (TPSA) is 50.9 Å². The highest BCUT2D eigenvalue weighted by molar-refractivity contribution is 5.30. The number of aliphatic hydroxyl groups is 1. The molecule has 0 radical (unpaired) electrons. The Balaban J connectivity index is 0.000000573. The van der Waals surface area contributed by atoms with Crippen molar-refractivity contribution in [1.29, 1.82) is 0 Å². The fraction of sp³-hybridized carbons (Fsp3) is 0.429. The molecule has 1 aromatic carbocycles. The Labute approximate surface area is 113 Å². The predicted molar refractivity (Wildman–Crippen MR) is 74.6 cm³/mol. The number of hydrogen-bond acceptors (Lipinski definition) is 3. The first-order chi connectivity index (χ1) is 9.21. The van der Waals surface area contributed by atoms with Gasteiger partial charge in [-0.05, 0) is 18.2 Å². The van der Waals surface area contributed by atoms with Gasteiger partial charge in [0.1, 0.15) is 18.8 Å². The maximum absolute atomic E-state index is 12.8. The van der Waals surface area contributed by atoms with Crippen LogP contribution in [0.4, 0.5) is 4.39 Å². The van der Waals surface area contributed by atoms with Crippen molar-refractivity contribution in [3.05, 3.63) is 42.2 Å². The van der Waals surface area contributed by atoms with E-state index in [0.717, 1.165) is 0 Å². The minimum absolute atomic E-state index is 0.220. The fourth-order valence-electron chi connectivity index (χ4n) is 1.11. The summed E-state index contributed by atoms with van der Waals surface area (Å²) < 4.78 is 14.2. The first-order valence-corrected chi connectivity index (χ1v) is 6.48. The first kappa shape index (κ1) is 17.2. The molecule has 0 aliphatic carbocycles. The van der Waals surface area contributed by atoms with Crippen molar-refractivity contribution in [3.8, 4) is 5.69 Å². The van der Waals surface area contributed by atoms with E-state index in [9.17, 15) is 4.39 Å². The van der Waals surface area contributed by atoms with Gasteiger partial charge in [-0.25, -0.2) is 14.1 Å².